The van der Waals surface area contributed by atoms with E-state index in [1.807, 2.05) is 4.90 Å². The molecule has 6 nitrogen and oxygen atoms in total. The minimum Gasteiger partial charge on any atom is -0.489 e. The van der Waals surface area contributed by atoms with Gasteiger partial charge in [0.15, 0.2) is 5.82 Å². The van der Waals surface area contributed by atoms with Crippen molar-refractivity contribution in [1.82, 2.24) is 20.6 Å². The summed E-state index contributed by atoms with van der Waals surface area (Å²) in [6, 6.07) is 1.44. The molecule has 3 rings (SSSR count). The van der Waals surface area contributed by atoms with Gasteiger partial charge in [-0.3, -0.25) is 4.39 Å². The number of halogens is 3. The van der Waals surface area contributed by atoms with E-state index in [1.54, 1.807) is 0 Å². The van der Waals surface area contributed by atoms with Crippen molar-refractivity contribution in [3.63, 3.8) is 0 Å². The number of rotatable bonds is 5. The molecule has 0 atom stereocenters. The maximum Gasteiger partial charge on any atom is 0.209 e. The highest BCUT2D eigenvalue weighted by molar-refractivity contribution is 6.31. The number of fused-ring (bicyclic) bond motifs is 1. The van der Waals surface area contributed by atoms with Gasteiger partial charge in [0.1, 0.15) is 12.4 Å². The van der Waals surface area contributed by atoms with E-state index in [2.05, 4.69) is 20.6 Å². The molecule has 2 heterocycles. The number of nitrogens with zero attached hydrogens (tertiary/aromatic N) is 4. The van der Waals surface area contributed by atoms with Gasteiger partial charge in [0, 0.05) is 12.6 Å². The smallest absolute Gasteiger partial charge is 0.209 e. The Bertz CT molecular complexity index is 652. The summed E-state index contributed by atoms with van der Waals surface area (Å²) in [5.41, 5.74) is 0.685. The van der Waals surface area contributed by atoms with Crippen molar-refractivity contribution in [3.8, 4) is 17.1 Å². The quantitative estimate of drug-likeness (QED) is 0.854. The van der Waals surface area contributed by atoms with Crippen molar-refractivity contribution in [3.05, 3.63) is 16.9 Å². The van der Waals surface area contributed by atoms with E-state index in [0.29, 0.717) is 44.0 Å². The van der Waals surface area contributed by atoms with Gasteiger partial charge in [-0.05, 0) is 18.1 Å². The summed E-state index contributed by atoms with van der Waals surface area (Å²) in [6.07, 6.45) is 1.12. The molecule has 0 bridgehead atoms. The third-order valence-corrected chi connectivity index (χ3v) is 3.75. The molecule has 0 fully saturated rings. The Morgan fingerprint density at radius 2 is 2.27 bits per heavy atom. The van der Waals surface area contributed by atoms with Crippen LogP contribution in [-0.2, 0) is 0 Å². The molecular weight excluding hydrogens is 316 g/mol. The molecule has 118 valence electrons. The lowest BCUT2D eigenvalue weighted by Gasteiger charge is -2.33. The lowest BCUT2D eigenvalue weighted by Crippen LogP contribution is -2.34. The van der Waals surface area contributed by atoms with Crippen molar-refractivity contribution < 1.29 is 13.5 Å². The number of unbranched alkanes of at least 4 members (excludes halogenated alkanes) is 1. The normalized spacial score (nSPS) is 13.9. The average molecular weight is 330 g/mol. The molecule has 0 saturated heterocycles. The Hall–Kier alpha value is -1.96. The average Bonchev–Trinajstić information content (AvgIpc) is 3.03. The highest BCUT2D eigenvalue weighted by Crippen LogP contribution is 2.44. The topological polar surface area (TPSA) is 66.9 Å². The second-order valence-corrected chi connectivity index (χ2v) is 5.27. The lowest BCUT2D eigenvalue weighted by molar-refractivity contribution is 0.306. The highest BCUT2D eigenvalue weighted by Gasteiger charge is 2.29. The van der Waals surface area contributed by atoms with Crippen LogP contribution in [0.5, 0.6) is 5.75 Å². The molecule has 9 heteroatoms. The molecule has 0 unspecified atom stereocenters. The Kier molecular flexibility index (Phi) is 4.37. The number of aromatic nitrogens is 4. The van der Waals surface area contributed by atoms with Gasteiger partial charge in [-0.15, -0.1) is 10.2 Å². The maximum atomic E-state index is 14.5. The molecule has 1 N–H and O–H groups in total. The number of hydrogen-bond donors (Lipinski definition) is 1. The molecule has 0 aliphatic carbocycles. The van der Waals surface area contributed by atoms with Gasteiger partial charge in [0.25, 0.3) is 0 Å². The van der Waals surface area contributed by atoms with Crippen molar-refractivity contribution in [1.29, 1.82) is 0 Å². The molecular formula is C13H14ClF2N5O. The van der Waals surface area contributed by atoms with Crippen LogP contribution < -0.4 is 9.64 Å². The fraction of sp³-hybridized carbons (Fsp3) is 0.462. The van der Waals surface area contributed by atoms with Crippen LogP contribution >= 0.6 is 11.6 Å². The minimum absolute atomic E-state index is 0.0656. The van der Waals surface area contributed by atoms with E-state index >= 15 is 0 Å². The minimum atomic E-state index is -0.622. The summed E-state index contributed by atoms with van der Waals surface area (Å²) in [4.78, 5) is 1.94. The number of ether oxygens (including phenoxy) is 1. The van der Waals surface area contributed by atoms with Crippen LogP contribution in [0, 0.1) is 5.82 Å². The summed E-state index contributed by atoms with van der Waals surface area (Å²) in [7, 11) is 0. The number of hydrogen-bond acceptors (Lipinski definition) is 5. The first-order valence-electron chi connectivity index (χ1n) is 6.92. The van der Waals surface area contributed by atoms with E-state index in [-0.39, 0.29) is 23.1 Å². The van der Waals surface area contributed by atoms with Crippen molar-refractivity contribution in [2.24, 2.45) is 0 Å². The summed E-state index contributed by atoms with van der Waals surface area (Å²) < 4.78 is 32.4. The van der Waals surface area contributed by atoms with Gasteiger partial charge < -0.3 is 9.64 Å². The number of benzene rings is 1. The summed E-state index contributed by atoms with van der Waals surface area (Å²) >= 11 is 5.93. The van der Waals surface area contributed by atoms with E-state index in [1.165, 1.54) is 6.07 Å². The molecule has 2 aromatic rings. The van der Waals surface area contributed by atoms with Crippen LogP contribution in [0.15, 0.2) is 6.07 Å². The SMILES string of the molecule is FCCCCN1CCOc2cc(Cl)c(F)c(-c3nn[nH]n3)c21. The highest BCUT2D eigenvalue weighted by atomic mass is 35.5. The van der Waals surface area contributed by atoms with E-state index in [0.717, 1.165) is 0 Å². The van der Waals surface area contributed by atoms with Crippen LogP contribution in [0.1, 0.15) is 12.8 Å². The van der Waals surface area contributed by atoms with Gasteiger partial charge in [-0.1, -0.05) is 11.6 Å². The fourth-order valence-corrected chi connectivity index (χ4v) is 2.68. The van der Waals surface area contributed by atoms with Crippen LogP contribution in [0.2, 0.25) is 5.02 Å². The molecule has 0 spiro atoms. The predicted octanol–water partition coefficient (Wildman–Crippen LogP) is 2.61. The van der Waals surface area contributed by atoms with E-state index < -0.39 is 5.82 Å². The Balaban J connectivity index is 2.07. The predicted molar refractivity (Wildman–Crippen MR) is 77.5 cm³/mol. The van der Waals surface area contributed by atoms with Gasteiger partial charge in [0.2, 0.25) is 5.82 Å². The number of tetrazole rings is 1. The third-order valence-electron chi connectivity index (χ3n) is 3.47. The number of H-pyrrole nitrogens is 1. The summed E-state index contributed by atoms with van der Waals surface area (Å²) in [5.74, 6) is -0.0438. The standard InChI is InChI=1S/C13H14ClF2N5O/c14-8-7-9-12(10(11(8)16)13-17-19-20-18-13)21(5-6-22-9)4-2-1-3-15/h7H,1-6H2,(H,17,18,19,20). The largest absolute Gasteiger partial charge is 0.489 e. The lowest BCUT2D eigenvalue weighted by atomic mass is 10.1. The summed E-state index contributed by atoms with van der Waals surface area (Å²) in [6.45, 7) is 1.25. The third kappa shape index (κ3) is 2.70. The van der Waals surface area contributed by atoms with Gasteiger partial charge in [-0.2, -0.15) is 5.21 Å². The first kappa shape index (κ1) is 15.0. The number of anilines is 1. The zero-order chi connectivity index (χ0) is 15.5. The molecule has 22 heavy (non-hydrogen) atoms. The Morgan fingerprint density at radius 3 is 3.00 bits per heavy atom. The monoisotopic (exact) mass is 329 g/mol. The van der Waals surface area contributed by atoms with Crippen LogP contribution in [-0.4, -0.2) is 47.0 Å². The number of nitrogens with one attached hydrogen (secondary N) is 1. The Morgan fingerprint density at radius 1 is 1.41 bits per heavy atom. The van der Waals surface area contributed by atoms with E-state index in [9.17, 15) is 8.78 Å². The van der Waals surface area contributed by atoms with Gasteiger partial charge in [0.05, 0.1) is 29.5 Å². The van der Waals surface area contributed by atoms with Gasteiger partial charge in [-0.25, -0.2) is 4.39 Å². The number of aromatic amines is 1. The van der Waals surface area contributed by atoms with Crippen molar-refractivity contribution in [2.45, 2.75) is 12.8 Å². The van der Waals surface area contributed by atoms with Crippen molar-refractivity contribution in [2.75, 3.05) is 31.3 Å². The van der Waals surface area contributed by atoms with Crippen molar-refractivity contribution >= 4 is 17.3 Å². The molecule has 1 aromatic carbocycles. The van der Waals surface area contributed by atoms with Gasteiger partial charge >= 0.3 is 0 Å². The number of alkyl halides is 1. The second kappa shape index (κ2) is 6.43. The summed E-state index contributed by atoms with van der Waals surface area (Å²) in [5, 5.41) is 13.4. The second-order valence-electron chi connectivity index (χ2n) is 4.86. The molecule has 0 saturated carbocycles. The van der Waals surface area contributed by atoms with Crippen LogP contribution in [0.4, 0.5) is 14.5 Å². The zero-order valence-electron chi connectivity index (χ0n) is 11.7. The fourth-order valence-electron chi connectivity index (χ4n) is 2.49. The molecule has 0 radical (unpaired) electrons. The maximum absolute atomic E-state index is 14.5. The van der Waals surface area contributed by atoms with E-state index in [4.69, 9.17) is 16.3 Å². The first-order valence-corrected chi connectivity index (χ1v) is 7.29. The Labute approximate surface area is 130 Å². The molecule has 0 amide bonds. The molecule has 1 aromatic heterocycles. The first-order chi connectivity index (χ1) is 10.7. The van der Waals surface area contributed by atoms with Crippen LogP contribution in [0.3, 0.4) is 0 Å². The molecule has 1 aliphatic rings. The van der Waals surface area contributed by atoms with Crippen LogP contribution in [0.25, 0.3) is 11.4 Å². The zero-order valence-corrected chi connectivity index (χ0v) is 12.4. The molecule has 1 aliphatic heterocycles.